The summed E-state index contributed by atoms with van der Waals surface area (Å²) in [6.07, 6.45) is 2.17. The molecule has 1 saturated heterocycles. The highest BCUT2D eigenvalue weighted by atomic mass is 16.5. The van der Waals surface area contributed by atoms with Crippen LogP contribution in [0, 0.1) is 13.8 Å². The van der Waals surface area contributed by atoms with Crippen LogP contribution in [0.25, 0.3) is 5.76 Å². The van der Waals surface area contributed by atoms with E-state index in [9.17, 15) is 14.7 Å². The van der Waals surface area contributed by atoms with Crippen LogP contribution < -0.4 is 4.74 Å². The number of hydrogen-bond acceptors (Lipinski definition) is 7. The molecule has 1 aromatic heterocycles. The number of aliphatic hydroxyl groups is 1. The number of aryl methyl sites for hydroxylation is 2. The van der Waals surface area contributed by atoms with Crippen molar-refractivity contribution >= 4 is 17.4 Å². The first-order chi connectivity index (χ1) is 14.7. The third-order valence-electron chi connectivity index (χ3n) is 5.31. The largest absolute Gasteiger partial charge is 0.507 e. The number of benzene rings is 1. The highest BCUT2D eigenvalue weighted by Gasteiger charge is 2.46. The number of aliphatic hydroxyl groups excluding tert-OH is 1. The van der Waals surface area contributed by atoms with E-state index in [1.165, 1.54) is 11.1 Å². The van der Waals surface area contributed by atoms with Gasteiger partial charge in [0.25, 0.3) is 11.7 Å². The van der Waals surface area contributed by atoms with Crippen molar-refractivity contribution in [2.45, 2.75) is 26.3 Å². The van der Waals surface area contributed by atoms with Gasteiger partial charge in [0.1, 0.15) is 17.3 Å². The number of aromatic nitrogens is 2. The number of rotatable bonds is 7. The molecule has 8 heteroatoms. The highest BCUT2D eigenvalue weighted by Crippen LogP contribution is 2.40. The van der Waals surface area contributed by atoms with E-state index in [-0.39, 0.29) is 11.3 Å². The molecule has 1 N–H and O–H groups in total. The molecule has 1 fully saturated rings. The molecule has 1 unspecified atom stereocenters. The third kappa shape index (κ3) is 4.59. The molecule has 0 saturated carbocycles. The van der Waals surface area contributed by atoms with E-state index in [1.807, 2.05) is 25.1 Å². The second kappa shape index (κ2) is 9.26. The second-order valence-corrected chi connectivity index (χ2v) is 7.84. The lowest BCUT2D eigenvalue weighted by Gasteiger charge is -2.26. The van der Waals surface area contributed by atoms with Crippen molar-refractivity contribution < 1.29 is 19.4 Å². The molecule has 1 aliphatic rings. The standard InChI is InChI=1S/C23H28N4O4/c1-14-18(13-24-15(2)25-14)21(28)19-20(16-8-6-9-17(12-16)31-5)27(23(30)22(19)29)11-7-10-26(3)4/h6,8-9,12-13,20,28H,7,10-11H2,1-5H3. The maximum absolute atomic E-state index is 13.1. The predicted octanol–water partition coefficient (Wildman–Crippen LogP) is 2.48. The Kier molecular flexibility index (Phi) is 6.70. The topological polar surface area (TPSA) is 95.9 Å². The monoisotopic (exact) mass is 424 g/mol. The van der Waals surface area contributed by atoms with E-state index >= 15 is 0 Å². The molecule has 1 aliphatic heterocycles. The zero-order valence-corrected chi connectivity index (χ0v) is 18.5. The maximum atomic E-state index is 13.1. The van der Waals surface area contributed by atoms with Crippen LogP contribution in [0.2, 0.25) is 0 Å². The lowest BCUT2D eigenvalue weighted by Crippen LogP contribution is -2.32. The van der Waals surface area contributed by atoms with Gasteiger partial charge >= 0.3 is 0 Å². The van der Waals surface area contributed by atoms with E-state index in [4.69, 9.17) is 4.74 Å². The molecule has 1 aromatic carbocycles. The Morgan fingerprint density at radius 3 is 2.65 bits per heavy atom. The van der Waals surface area contributed by atoms with Gasteiger partial charge in [-0.05, 0) is 58.6 Å². The van der Waals surface area contributed by atoms with Crippen LogP contribution in [0.5, 0.6) is 5.75 Å². The Hall–Kier alpha value is -3.26. The van der Waals surface area contributed by atoms with Crippen LogP contribution in [-0.4, -0.2) is 70.9 Å². The lowest BCUT2D eigenvalue weighted by atomic mass is 9.95. The van der Waals surface area contributed by atoms with Gasteiger partial charge in [-0.2, -0.15) is 0 Å². The molecule has 0 bridgehead atoms. The summed E-state index contributed by atoms with van der Waals surface area (Å²) in [5.74, 6) is -0.443. The van der Waals surface area contributed by atoms with Crippen LogP contribution >= 0.6 is 0 Å². The number of ether oxygens (including phenoxy) is 1. The summed E-state index contributed by atoms with van der Waals surface area (Å²) >= 11 is 0. The van der Waals surface area contributed by atoms with Crippen LogP contribution in [-0.2, 0) is 9.59 Å². The number of carbonyl (C=O) groups excluding carboxylic acids is 2. The molecule has 2 heterocycles. The number of methoxy groups -OCH3 is 1. The fraction of sp³-hybridized carbons (Fsp3) is 0.391. The van der Waals surface area contributed by atoms with E-state index in [1.54, 1.807) is 39.2 Å². The maximum Gasteiger partial charge on any atom is 0.295 e. The lowest BCUT2D eigenvalue weighted by molar-refractivity contribution is -0.139. The van der Waals surface area contributed by atoms with Gasteiger partial charge in [-0.3, -0.25) is 9.59 Å². The minimum Gasteiger partial charge on any atom is -0.507 e. The first-order valence-electron chi connectivity index (χ1n) is 10.1. The molecule has 0 aliphatic carbocycles. The molecule has 3 rings (SSSR count). The van der Waals surface area contributed by atoms with E-state index in [2.05, 4.69) is 9.97 Å². The number of hydrogen-bond donors (Lipinski definition) is 1. The van der Waals surface area contributed by atoms with Crippen molar-refractivity contribution in [1.29, 1.82) is 0 Å². The molecule has 0 spiro atoms. The molecule has 2 aromatic rings. The minimum atomic E-state index is -0.724. The summed E-state index contributed by atoms with van der Waals surface area (Å²) in [4.78, 5) is 38.0. The zero-order chi connectivity index (χ0) is 22.7. The molecule has 0 radical (unpaired) electrons. The quantitative estimate of drug-likeness (QED) is 0.414. The Morgan fingerprint density at radius 2 is 2.00 bits per heavy atom. The minimum absolute atomic E-state index is 0.0404. The zero-order valence-electron chi connectivity index (χ0n) is 18.5. The van der Waals surface area contributed by atoms with Crippen LogP contribution in [0.4, 0.5) is 0 Å². The fourth-order valence-corrected chi connectivity index (χ4v) is 3.79. The second-order valence-electron chi connectivity index (χ2n) is 7.84. The van der Waals surface area contributed by atoms with Gasteiger partial charge in [0.2, 0.25) is 0 Å². The van der Waals surface area contributed by atoms with Gasteiger partial charge in [-0.1, -0.05) is 12.1 Å². The number of carbonyl (C=O) groups is 2. The van der Waals surface area contributed by atoms with Crippen molar-refractivity contribution in [3.8, 4) is 5.75 Å². The van der Waals surface area contributed by atoms with Gasteiger partial charge in [0.05, 0.1) is 30.0 Å². The average molecular weight is 425 g/mol. The number of likely N-dealkylation sites (tertiary alicyclic amines) is 1. The van der Waals surface area contributed by atoms with Crippen LogP contribution in [0.15, 0.2) is 36.0 Å². The third-order valence-corrected chi connectivity index (χ3v) is 5.31. The molecule has 164 valence electrons. The number of Topliss-reactive ketones (excluding diaryl/α,β-unsaturated/α-hetero) is 1. The number of ketones is 1. The van der Waals surface area contributed by atoms with Crippen molar-refractivity contribution in [1.82, 2.24) is 19.8 Å². The molecule has 1 atom stereocenters. The van der Waals surface area contributed by atoms with Gasteiger partial charge in [0, 0.05) is 12.7 Å². The van der Waals surface area contributed by atoms with E-state index in [0.29, 0.717) is 41.4 Å². The van der Waals surface area contributed by atoms with Crippen molar-refractivity contribution in [2.24, 2.45) is 0 Å². The Bertz CT molecular complexity index is 1030. The van der Waals surface area contributed by atoms with Crippen molar-refractivity contribution in [3.63, 3.8) is 0 Å². The molecular formula is C23H28N4O4. The Balaban J connectivity index is 2.14. The van der Waals surface area contributed by atoms with Crippen LogP contribution in [0.3, 0.4) is 0 Å². The van der Waals surface area contributed by atoms with Gasteiger partial charge in [-0.25, -0.2) is 9.97 Å². The smallest absolute Gasteiger partial charge is 0.295 e. The Labute approximate surface area is 182 Å². The number of nitrogens with zero attached hydrogens (tertiary/aromatic N) is 4. The molecule has 31 heavy (non-hydrogen) atoms. The molecule has 1 amide bonds. The normalized spacial score (nSPS) is 18.1. The van der Waals surface area contributed by atoms with E-state index in [0.717, 1.165) is 6.54 Å². The molecule has 8 nitrogen and oxygen atoms in total. The summed E-state index contributed by atoms with van der Waals surface area (Å²) in [6.45, 7) is 4.62. The summed E-state index contributed by atoms with van der Waals surface area (Å²) in [6, 6.07) is 6.47. The predicted molar refractivity (Wildman–Crippen MR) is 117 cm³/mol. The fourth-order valence-electron chi connectivity index (χ4n) is 3.79. The highest BCUT2D eigenvalue weighted by molar-refractivity contribution is 6.46. The Morgan fingerprint density at radius 1 is 1.26 bits per heavy atom. The first-order valence-corrected chi connectivity index (χ1v) is 10.1. The van der Waals surface area contributed by atoms with Gasteiger partial charge in [0.15, 0.2) is 0 Å². The SMILES string of the molecule is COc1cccc(C2C(=C(O)c3cnc(C)nc3C)C(=O)C(=O)N2CCCN(C)C)c1. The van der Waals surface area contributed by atoms with Crippen molar-refractivity contribution in [3.05, 3.63) is 58.7 Å². The first kappa shape index (κ1) is 22.4. The van der Waals surface area contributed by atoms with Gasteiger partial charge < -0.3 is 19.6 Å². The van der Waals surface area contributed by atoms with E-state index < -0.39 is 17.7 Å². The summed E-state index contributed by atoms with van der Waals surface area (Å²) in [7, 11) is 5.46. The van der Waals surface area contributed by atoms with Crippen molar-refractivity contribution in [2.75, 3.05) is 34.3 Å². The molecular weight excluding hydrogens is 396 g/mol. The summed E-state index contributed by atoms with van der Waals surface area (Å²) in [5.41, 5.74) is 1.60. The summed E-state index contributed by atoms with van der Waals surface area (Å²) < 4.78 is 5.33. The van der Waals surface area contributed by atoms with Crippen LogP contribution in [0.1, 0.15) is 35.1 Å². The van der Waals surface area contributed by atoms with Gasteiger partial charge in [-0.15, -0.1) is 0 Å². The average Bonchev–Trinajstić information content (AvgIpc) is 2.98. The number of amides is 1. The summed E-state index contributed by atoms with van der Waals surface area (Å²) in [5, 5.41) is 11.1.